The molecule has 0 atom stereocenters. The summed E-state index contributed by atoms with van der Waals surface area (Å²) in [6.45, 7) is 3.31. The summed E-state index contributed by atoms with van der Waals surface area (Å²) >= 11 is 0. The number of aliphatic imine (C=N–C) groups is 1. The number of methoxy groups -OCH3 is 3. The van der Waals surface area contributed by atoms with Crippen LogP contribution in [0.15, 0.2) is 41.4 Å². The molecule has 2 rings (SSSR count). The molecule has 0 bridgehead atoms. The molecule has 0 heterocycles. The average Bonchev–Trinajstić information content (AvgIpc) is 2.68. The minimum absolute atomic E-state index is 0. The van der Waals surface area contributed by atoms with E-state index in [0.717, 1.165) is 5.56 Å². The van der Waals surface area contributed by atoms with Crippen LogP contribution in [-0.4, -0.2) is 34.3 Å². The summed E-state index contributed by atoms with van der Waals surface area (Å²) in [7, 11) is 6.56. The number of aryl methyl sites for hydroxylation is 1. The third-order valence-electron chi connectivity index (χ3n) is 4.04. The average molecular weight is 485 g/mol. The van der Waals surface area contributed by atoms with E-state index in [9.17, 15) is 0 Å². The summed E-state index contributed by atoms with van der Waals surface area (Å²) in [4.78, 5) is 4.27. The molecule has 0 radical (unpaired) electrons. The van der Waals surface area contributed by atoms with Crippen molar-refractivity contribution in [1.29, 1.82) is 0 Å². The first-order valence-corrected chi connectivity index (χ1v) is 8.40. The van der Waals surface area contributed by atoms with Gasteiger partial charge < -0.3 is 24.8 Å². The molecule has 0 spiro atoms. The molecule has 0 unspecified atom stereocenters. The van der Waals surface area contributed by atoms with Gasteiger partial charge >= 0.3 is 0 Å². The highest BCUT2D eigenvalue weighted by Crippen LogP contribution is 2.39. The molecule has 7 heteroatoms. The zero-order chi connectivity index (χ0) is 18.9. The molecule has 0 saturated heterocycles. The van der Waals surface area contributed by atoms with Crippen LogP contribution >= 0.6 is 24.0 Å². The molecule has 0 aliphatic heterocycles. The third kappa shape index (κ3) is 6.20. The molecule has 2 aromatic rings. The Hall–Kier alpha value is -2.16. The normalized spacial score (nSPS) is 10.6. The highest BCUT2D eigenvalue weighted by Gasteiger charge is 2.15. The summed E-state index contributed by atoms with van der Waals surface area (Å²) in [6, 6.07) is 12.2. The maximum atomic E-state index is 5.51. The van der Waals surface area contributed by atoms with Gasteiger partial charge in [0.2, 0.25) is 5.75 Å². The van der Waals surface area contributed by atoms with Crippen molar-refractivity contribution in [1.82, 2.24) is 10.6 Å². The lowest BCUT2D eigenvalue weighted by Crippen LogP contribution is -2.36. The van der Waals surface area contributed by atoms with E-state index in [2.05, 4.69) is 46.8 Å². The molecule has 0 fully saturated rings. The van der Waals surface area contributed by atoms with E-state index in [1.165, 1.54) is 11.1 Å². The SMILES string of the molecule is CN=C(NCc1ccc(C)cc1)NCc1ccc(OC)c(OC)c1OC.I. The Morgan fingerprint density at radius 3 is 2.04 bits per heavy atom. The molecular formula is C20H28IN3O3. The lowest BCUT2D eigenvalue weighted by molar-refractivity contribution is 0.322. The van der Waals surface area contributed by atoms with E-state index in [4.69, 9.17) is 14.2 Å². The Morgan fingerprint density at radius 2 is 1.48 bits per heavy atom. The lowest BCUT2D eigenvalue weighted by atomic mass is 10.1. The molecule has 0 saturated carbocycles. The Morgan fingerprint density at radius 1 is 0.852 bits per heavy atom. The number of guanidine groups is 1. The van der Waals surface area contributed by atoms with E-state index in [1.54, 1.807) is 28.4 Å². The fraction of sp³-hybridized carbons (Fsp3) is 0.350. The van der Waals surface area contributed by atoms with Crippen LogP contribution in [0, 0.1) is 6.92 Å². The molecule has 148 valence electrons. The van der Waals surface area contributed by atoms with Crippen molar-refractivity contribution in [2.24, 2.45) is 4.99 Å². The summed E-state index contributed by atoms with van der Waals surface area (Å²) < 4.78 is 16.2. The predicted octanol–water partition coefficient (Wildman–Crippen LogP) is 3.50. The molecule has 0 aliphatic rings. The summed E-state index contributed by atoms with van der Waals surface area (Å²) in [5, 5.41) is 6.60. The number of halogens is 1. The van der Waals surface area contributed by atoms with E-state index in [1.807, 2.05) is 12.1 Å². The number of nitrogens with one attached hydrogen (secondary N) is 2. The van der Waals surface area contributed by atoms with Crippen LogP contribution in [0.2, 0.25) is 0 Å². The van der Waals surface area contributed by atoms with Gasteiger partial charge in [0.25, 0.3) is 0 Å². The Bertz CT molecular complexity index is 749. The van der Waals surface area contributed by atoms with Crippen LogP contribution in [0.1, 0.15) is 16.7 Å². The van der Waals surface area contributed by atoms with Crippen molar-refractivity contribution in [2.75, 3.05) is 28.4 Å². The van der Waals surface area contributed by atoms with Gasteiger partial charge in [-0.3, -0.25) is 4.99 Å². The summed E-state index contributed by atoms with van der Waals surface area (Å²) in [5.41, 5.74) is 3.39. The van der Waals surface area contributed by atoms with Crippen LogP contribution in [0.4, 0.5) is 0 Å². The van der Waals surface area contributed by atoms with Crippen LogP contribution in [0.3, 0.4) is 0 Å². The smallest absolute Gasteiger partial charge is 0.203 e. The van der Waals surface area contributed by atoms with Crippen molar-refractivity contribution in [3.05, 3.63) is 53.1 Å². The maximum Gasteiger partial charge on any atom is 0.203 e. The van der Waals surface area contributed by atoms with Crippen molar-refractivity contribution in [2.45, 2.75) is 20.0 Å². The van der Waals surface area contributed by atoms with Crippen molar-refractivity contribution < 1.29 is 14.2 Å². The third-order valence-corrected chi connectivity index (χ3v) is 4.04. The summed E-state index contributed by atoms with van der Waals surface area (Å²) in [5.74, 6) is 2.57. The first kappa shape index (κ1) is 22.9. The van der Waals surface area contributed by atoms with Crippen molar-refractivity contribution in [3.8, 4) is 17.2 Å². The fourth-order valence-corrected chi connectivity index (χ4v) is 2.59. The van der Waals surface area contributed by atoms with Crippen LogP contribution in [0.25, 0.3) is 0 Å². The van der Waals surface area contributed by atoms with Gasteiger partial charge in [0.1, 0.15) is 0 Å². The van der Waals surface area contributed by atoms with E-state index < -0.39 is 0 Å². The van der Waals surface area contributed by atoms with Gasteiger partial charge in [-0.15, -0.1) is 24.0 Å². The largest absolute Gasteiger partial charge is 0.493 e. The van der Waals surface area contributed by atoms with E-state index in [-0.39, 0.29) is 24.0 Å². The van der Waals surface area contributed by atoms with Gasteiger partial charge in [-0.25, -0.2) is 0 Å². The number of ether oxygens (including phenoxy) is 3. The topological polar surface area (TPSA) is 64.1 Å². The standard InChI is InChI=1S/C20H27N3O3.HI/c1-14-6-8-15(9-7-14)12-22-20(21-2)23-13-16-10-11-17(24-3)19(26-5)18(16)25-4;/h6-11H,12-13H2,1-5H3,(H2,21,22,23);1H. The Labute approximate surface area is 178 Å². The van der Waals surface area contributed by atoms with Crippen molar-refractivity contribution >= 4 is 29.9 Å². The van der Waals surface area contributed by atoms with Gasteiger partial charge in [-0.1, -0.05) is 29.8 Å². The van der Waals surface area contributed by atoms with E-state index in [0.29, 0.717) is 36.3 Å². The second-order valence-electron chi connectivity index (χ2n) is 5.76. The minimum atomic E-state index is 0. The van der Waals surface area contributed by atoms with Crippen molar-refractivity contribution in [3.63, 3.8) is 0 Å². The number of rotatable bonds is 7. The van der Waals surface area contributed by atoms with Crippen LogP contribution < -0.4 is 24.8 Å². The van der Waals surface area contributed by atoms with E-state index >= 15 is 0 Å². The highest BCUT2D eigenvalue weighted by molar-refractivity contribution is 14.0. The molecule has 27 heavy (non-hydrogen) atoms. The van der Waals surface area contributed by atoms with Crippen LogP contribution in [-0.2, 0) is 13.1 Å². The molecule has 2 N–H and O–H groups in total. The first-order valence-electron chi connectivity index (χ1n) is 8.40. The Balaban J connectivity index is 0.00000364. The number of hydrogen-bond acceptors (Lipinski definition) is 4. The highest BCUT2D eigenvalue weighted by atomic mass is 127. The molecular weight excluding hydrogens is 457 g/mol. The van der Waals surface area contributed by atoms with Crippen LogP contribution in [0.5, 0.6) is 17.2 Å². The number of benzene rings is 2. The minimum Gasteiger partial charge on any atom is -0.493 e. The second kappa shape index (κ2) is 11.5. The maximum absolute atomic E-state index is 5.51. The van der Waals surface area contributed by atoms with Gasteiger partial charge in [0.15, 0.2) is 17.5 Å². The lowest BCUT2D eigenvalue weighted by Gasteiger charge is -2.17. The molecule has 0 amide bonds. The van der Waals surface area contributed by atoms with Gasteiger partial charge in [0, 0.05) is 25.7 Å². The molecule has 2 aromatic carbocycles. The second-order valence-corrected chi connectivity index (χ2v) is 5.76. The molecule has 0 aliphatic carbocycles. The zero-order valence-corrected chi connectivity index (χ0v) is 18.8. The first-order chi connectivity index (χ1) is 12.6. The number of hydrogen-bond donors (Lipinski definition) is 2. The van der Waals surface area contributed by atoms with Gasteiger partial charge in [-0.05, 0) is 24.6 Å². The molecule has 0 aromatic heterocycles. The zero-order valence-electron chi connectivity index (χ0n) is 16.5. The quantitative estimate of drug-likeness (QED) is 0.357. The van der Waals surface area contributed by atoms with Gasteiger partial charge in [0.05, 0.1) is 21.3 Å². The predicted molar refractivity (Wildman–Crippen MR) is 120 cm³/mol. The van der Waals surface area contributed by atoms with Gasteiger partial charge in [-0.2, -0.15) is 0 Å². The monoisotopic (exact) mass is 485 g/mol. The summed E-state index contributed by atoms with van der Waals surface area (Å²) in [6.07, 6.45) is 0. The Kier molecular flexibility index (Phi) is 9.77. The fourth-order valence-electron chi connectivity index (χ4n) is 2.59. The number of nitrogens with zero attached hydrogens (tertiary/aromatic N) is 1. The molecule has 6 nitrogen and oxygen atoms in total.